The Balaban J connectivity index is 2.04. The smallest absolute Gasteiger partial charge is 0.164 e. The van der Waals surface area contributed by atoms with Gasteiger partial charge in [-0.15, -0.1) is 0 Å². The van der Waals surface area contributed by atoms with Crippen LogP contribution < -0.4 is 10.5 Å². The molecule has 2 heterocycles. The first-order valence-corrected chi connectivity index (χ1v) is 6.47. The van der Waals surface area contributed by atoms with Gasteiger partial charge in [0.1, 0.15) is 11.1 Å². The second-order valence-electron chi connectivity index (χ2n) is 3.77. The molecule has 0 atom stereocenters. The summed E-state index contributed by atoms with van der Waals surface area (Å²) in [6.45, 7) is 2.07. The highest BCUT2D eigenvalue weighted by atomic mass is 127. The van der Waals surface area contributed by atoms with E-state index in [1.54, 1.807) is 12.4 Å². The van der Waals surface area contributed by atoms with Crippen molar-refractivity contribution in [3.63, 3.8) is 0 Å². The molecule has 0 bridgehead atoms. The fourth-order valence-corrected chi connectivity index (χ4v) is 2.44. The van der Waals surface area contributed by atoms with E-state index in [0.717, 1.165) is 25.9 Å². The Morgan fingerprint density at radius 3 is 2.75 bits per heavy atom. The van der Waals surface area contributed by atoms with Crippen molar-refractivity contribution in [3.8, 4) is 5.75 Å². The fourth-order valence-electron chi connectivity index (χ4n) is 1.67. The summed E-state index contributed by atoms with van der Waals surface area (Å²) in [4.78, 5) is 3.90. The van der Waals surface area contributed by atoms with Crippen LogP contribution in [0.5, 0.6) is 5.75 Å². The van der Waals surface area contributed by atoms with Gasteiger partial charge in [-0.05, 0) is 12.8 Å². The quantitative estimate of drug-likeness (QED) is 0.656. The highest BCUT2D eigenvalue weighted by molar-refractivity contribution is 14.1. The van der Waals surface area contributed by atoms with Crippen LogP contribution >= 0.6 is 34.5 Å². The second kappa shape index (κ2) is 5.37. The van der Waals surface area contributed by atoms with E-state index in [4.69, 9.17) is 22.1 Å². The third kappa shape index (κ3) is 2.89. The Morgan fingerprint density at radius 1 is 1.44 bits per heavy atom. The number of rotatable bonds is 2. The van der Waals surface area contributed by atoms with Crippen LogP contribution in [0.25, 0.3) is 0 Å². The van der Waals surface area contributed by atoms with Gasteiger partial charge in [0.15, 0.2) is 5.75 Å². The van der Waals surface area contributed by atoms with Crippen LogP contribution in [-0.4, -0.2) is 27.3 Å². The number of halogens is 2. The van der Waals surface area contributed by atoms with Crippen LogP contribution in [0.4, 0.5) is 5.69 Å². The van der Waals surface area contributed by atoms with Gasteiger partial charge in [0.05, 0.1) is 11.9 Å². The number of piperidine rings is 1. The molecule has 0 saturated carbocycles. The molecular formula is C10H13ClIN3O. The van der Waals surface area contributed by atoms with Gasteiger partial charge in [0.25, 0.3) is 0 Å². The minimum Gasteiger partial charge on any atom is -0.486 e. The van der Waals surface area contributed by atoms with Crippen LogP contribution in [-0.2, 0) is 0 Å². The molecule has 2 N–H and O–H groups in total. The number of nitrogens with zero attached hydrogens (tertiary/aromatic N) is 2. The van der Waals surface area contributed by atoms with E-state index in [9.17, 15) is 0 Å². The number of nitrogens with two attached hydrogens (primary N) is 1. The number of aromatic nitrogens is 1. The molecule has 0 unspecified atom stereocenters. The second-order valence-corrected chi connectivity index (χ2v) is 5.54. The summed E-state index contributed by atoms with van der Waals surface area (Å²) in [6, 6.07) is 0. The lowest BCUT2D eigenvalue weighted by molar-refractivity contribution is 0.145. The standard InChI is InChI=1S/C10H13ClIN3O/c11-8-5-14-6-9(13)10(8)16-7-1-3-15(12)4-2-7/h5-7H,1-4,13H2. The minimum absolute atomic E-state index is 0.202. The molecule has 1 aliphatic heterocycles. The van der Waals surface area contributed by atoms with Crippen molar-refractivity contribution >= 4 is 40.2 Å². The first-order chi connectivity index (χ1) is 7.66. The third-order valence-electron chi connectivity index (χ3n) is 2.55. The van der Waals surface area contributed by atoms with Crippen molar-refractivity contribution in [2.45, 2.75) is 18.9 Å². The number of nitrogen functional groups attached to an aromatic ring is 1. The van der Waals surface area contributed by atoms with Crippen LogP contribution in [0.15, 0.2) is 12.4 Å². The van der Waals surface area contributed by atoms with Crippen molar-refractivity contribution < 1.29 is 4.74 Å². The molecule has 1 fully saturated rings. The number of hydrogen-bond acceptors (Lipinski definition) is 4. The van der Waals surface area contributed by atoms with E-state index in [-0.39, 0.29) is 6.10 Å². The zero-order valence-corrected chi connectivity index (χ0v) is 11.6. The Morgan fingerprint density at radius 2 is 2.12 bits per heavy atom. The molecular weight excluding hydrogens is 340 g/mol. The van der Waals surface area contributed by atoms with Crippen LogP contribution in [0.3, 0.4) is 0 Å². The van der Waals surface area contributed by atoms with E-state index >= 15 is 0 Å². The zero-order chi connectivity index (χ0) is 11.5. The van der Waals surface area contributed by atoms with Gasteiger partial charge in [-0.3, -0.25) is 4.98 Å². The number of pyridine rings is 1. The van der Waals surface area contributed by atoms with Crippen LogP contribution in [0, 0.1) is 0 Å². The van der Waals surface area contributed by atoms with Crippen molar-refractivity contribution in [1.82, 2.24) is 8.10 Å². The van der Waals surface area contributed by atoms with Crippen molar-refractivity contribution in [2.24, 2.45) is 0 Å². The summed E-state index contributed by atoms with van der Waals surface area (Å²) >= 11 is 8.33. The maximum atomic E-state index is 6.00. The zero-order valence-electron chi connectivity index (χ0n) is 8.70. The molecule has 1 aliphatic rings. The van der Waals surface area contributed by atoms with Crippen molar-refractivity contribution in [2.75, 3.05) is 18.8 Å². The summed E-state index contributed by atoms with van der Waals surface area (Å²) < 4.78 is 8.10. The van der Waals surface area contributed by atoms with E-state index in [1.165, 1.54) is 0 Å². The average molecular weight is 354 g/mol. The molecule has 1 aromatic heterocycles. The summed E-state index contributed by atoms with van der Waals surface area (Å²) in [7, 11) is 0. The molecule has 0 spiro atoms. The third-order valence-corrected chi connectivity index (χ3v) is 3.79. The van der Waals surface area contributed by atoms with E-state index in [0.29, 0.717) is 16.5 Å². The molecule has 6 heteroatoms. The summed E-state index contributed by atoms with van der Waals surface area (Å²) in [6.07, 6.45) is 5.32. The maximum absolute atomic E-state index is 6.00. The first-order valence-electron chi connectivity index (χ1n) is 5.13. The Labute approximate surface area is 114 Å². The van der Waals surface area contributed by atoms with Crippen LogP contribution in [0.1, 0.15) is 12.8 Å². The number of anilines is 1. The molecule has 4 nitrogen and oxygen atoms in total. The van der Waals surface area contributed by atoms with Crippen LogP contribution in [0.2, 0.25) is 5.02 Å². The summed E-state index contributed by atoms with van der Waals surface area (Å²) in [5.74, 6) is 0.573. The molecule has 88 valence electrons. The van der Waals surface area contributed by atoms with Gasteiger partial charge in [0.2, 0.25) is 0 Å². The highest BCUT2D eigenvalue weighted by Gasteiger charge is 2.20. The summed E-state index contributed by atoms with van der Waals surface area (Å²) in [5.41, 5.74) is 6.29. The van der Waals surface area contributed by atoms with Gasteiger partial charge in [-0.25, -0.2) is 3.11 Å². The lowest BCUT2D eigenvalue weighted by Crippen LogP contribution is -2.32. The highest BCUT2D eigenvalue weighted by Crippen LogP contribution is 2.32. The molecule has 0 amide bonds. The van der Waals surface area contributed by atoms with E-state index in [2.05, 4.69) is 31.0 Å². The van der Waals surface area contributed by atoms with Gasteiger partial charge in [0, 0.05) is 42.2 Å². The maximum Gasteiger partial charge on any atom is 0.164 e. The van der Waals surface area contributed by atoms with E-state index < -0.39 is 0 Å². The normalized spacial score (nSPS) is 18.6. The van der Waals surface area contributed by atoms with Crippen molar-refractivity contribution in [3.05, 3.63) is 17.4 Å². The molecule has 1 aromatic rings. The van der Waals surface area contributed by atoms with Crippen molar-refractivity contribution in [1.29, 1.82) is 0 Å². The first kappa shape index (κ1) is 12.2. The predicted molar refractivity (Wildman–Crippen MR) is 72.9 cm³/mol. The van der Waals surface area contributed by atoms with Gasteiger partial charge >= 0.3 is 0 Å². The minimum atomic E-state index is 0.202. The monoisotopic (exact) mass is 353 g/mol. The molecule has 2 rings (SSSR count). The molecule has 0 aliphatic carbocycles. The average Bonchev–Trinajstić information content (AvgIpc) is 2.26. The van der Waals surface area contributed by atoms with Gasteiger partial charge in [-0.2, -0.15) is 0 Å². The predicted octanol–water partition coefficient (Wildman–Crippen LogP) is 2.51. The summed E-state index contributed by atoms with van der Waals surface area (Å²) in [5, 5.41) is 0.483. The Kier molecular flexibility index (Phi) is 4.10. The van der Waals surface area contributed by atoms with E-state index in [1.807, 2.05) is 0 Å². The van der Waals surface area contributed by atoms with Gasteiger partial charge in [-0.1, -0.05) is 11.6 Å². The molecule has 16 heavy (non-hydrogen) atoms. The largest absolute Gasteiger partial charge is 0.486 e. The molecule has 0 radical (unpaired) electrons. The lowest BCUT2D eigenvalue weighted by atomic mass is 10.1. The fraction of sp³-hybridized carbons (Fsp3) is 0.500. The lowest BCUT2D eigenvalue weighted by Gasteiger charge is -2.28. The molecule has 0 aromatic carbocycles. The number of ether oxygens (including phenoxy) is 1. The topological polar surface area (TPSA) is 51.4 Å². The number of hydrogen-bond donors (Lipinski definition) is 1. The van der Waals surface area contributed by atoms with Gasteiger partial charge < -0.3 is 10.5 Å². The SMILES string of the molecule is Nc1cncc(Cl)c1OC1CCN(I)CC1. The Bertz CT molecular complexity index is 349. The molecule has 1 saturated heterocycles. The Hall–Kier alpha value is -0.270.